The van der Waals surface area contributed by atoms with Crippen molar-refractivity contribution in [2.45, 2.75) is 64.9 Å². The fourth-order valence-electron chi connectivity index (χ4n) is 3.48. The topological polar surface area (TPSA) is 58.6 Å². The van der Waals surface area contributed by atoms with E-state index in [0.717, 1.165) is 17.1 Å². The number of aryl methyl sites for hydroxylation is 1. The van der Waals surface area contributed by atoms with Crippen LogP contribution in [0.25, 0.3) is 0 Å². The Kier molecular flexibility index (Phi) is 9.63. The maximum atomic E-state index is 13.3. The number of carbonyl (C=O) groups excluding carboxylic acids is 2. The van der Waals surface area contributed by atoms with Gasteiger partial charge in [0.25, 0.3) is 0 Å². The molecule has 2 aromatic carbocycles. The van der Waals surface area contributed by atoms with E-state index in [1.807, 2.05) is 58.0 Å². The molecule has 0 saturated carbocycles. The standard InChI is InChI=1S/C26H36N2O3S/c1-7-23(25(30)27-26(3,4)5)28(16-20-11-9-13-22(15-20)31-6)24(29)18-32-17-21-12-8-10-19(2)14-21/h8-15,23H,7,16-18H2,1-6H3,(H,27,30)/t23-/m0/s1. The van der Waals surface area contributed by atoms with E-state index >= 15 is 0 Å². The van der Waals surface area contributed by atoms with Crippen molar-refractivity contribution in [3.05, 3.63) is 65.2 Å². The number of carbonyl (C=O) groups is 2. The van der Waals surface area contributed by atoms with Crippen LogP contribution in [0.3, 0.4) is 0 Å². The zero-order valence-electron chi connectivity index (χ0n) is 20.1. The van der Waals surface area contributed by atoms with Crippen LogP contribution in [0.5, 0.6) is 5.75 Å². The minimum atomic E-state index is -0.535. The summed E-state index contributed by atoms with van der Waals surface area (Å²) in [4.78, 5) is 28.1. The van der Waals surface area contributed by atoms with Gasteiger partial charge < -0.3 is 15.0 Å². The van der Waals surface area contributed by atoms with Crippen LogP contribution in [0.15, 0.2) is 48.5 Å². The van der Waals surface area contributed by atoms with E-state index in [0.29, 0.717) is 18.7 Å². The number of thioether (sulfide) groups is 1. The summed E-state index contributed by atoms with van der Waals surface area (Å²) >= 11 is 1.57. The van der Waals surface area contributed by atoms with E-state index < -0.39 is 6.04 Å². The summed E-state index contributed by atoms with van der Waals surface area (Å²) in [5.74, 6) is 1.64. The van der Waals surface area contributed by atoms with E-state index in [-0.39, 0.29) is 17.4 Å². The summed E-state index contributed by atoms with van der Waals surface area (Å²) in [5, 5.41) is 3.04. The van der Waals surface area contributed by atoms with Gasteiger partial charge in [0.2, 0.25) is 11.8 Å². The van der Waals surface area contributed by atoms with Gasteiger partial charge in [-0.15, -0.1) is 11.8 Å². The third-order valence-corrected chi connectivity index (χ3v) is 5.94. The highest BCUT2D eigenvalue weighted by Gasteiger charge is 2.30. The van der Waals surface area contributed by atoms with Gasteiger partial charge in [-0.1, -0.05) is 48.9 Å². The Bertz CT molecular complexity index is 908. The molecule has 0 fully saturated rings. The van der Waals surface area contributed by atoms with Crippen LogP contribution >= 0.6 is 11.8 Å². The molecular weight excluding hydrogens is 420 g/mol. The Morgan fingerprint density at radius 2 is 1.78 bits per heavy atom. The number of nitrogens with one attached hydrogen (secondary N) is 1. The minimum Gasteiger partial charge on any atom is -0.497 e. The Balaban J connectivity index is 2.18. The number of rotatable bonds is 10. The number of benzene rings is 2. The fraction of sp³-hybridized carbons (Fsp3) is 0.462. The molecule has 0 aliphatic heterocycles. The van der Waals surface area contributed by atoms with Crippen molar-refractivity contribution < 1.29 is 14.3 Å². The van der Waals surface area contributed by atoms with Gasteiger partial charge in [-0.2, -0.15) is 0 Å². The lowest BCUT2D eigenvalue weighted by Gasteiger charge is -2.33. The molecule has 0 aromatic heterocycles. The molecule has 0 aliphatic rings. The molecule has 6 heteroatoms. The first kappa shape index (κ1) is 25.8. The molecule has 0 radical (unpaired) electrons. The second-order valence-electron chi connectivity index (χ2n) is 9.02. The highest BCUT2D eigenvalue weighted by atomic mass is 32.2. The molecule has 0 spiro atoms. The van der Waals surface area contributed by atoms with Crippen molar-refractivity contribution in [1.82, 2.24) is 10.2 Å². The third kappa shape index (κ3) is 8.23. The predicted octanol–water partition coefficient (Wildman–Crippen LogP) is 4.96. The van der Waals surface area contributed by atoms with Gasteiger partial charge in [0.15, 0.2) is 0 Å². The molecule has 2 rings (SSSR count). The summed E-state index contributed by atoms with van der Waals surface area (Å²) in [6, 6.07) is 15.4. The van der Waals surface area contributed by atoms with Crippen LogP contribution in [0.2, 0.25) is 0 Å². The zero-order chi connectivity index (χ0) is 23.7. The lowest BCUT2D eigenvalue weighted by molar-refractivity contribution is -0.140. The van der Waals surface area contributed by atoms with Crippen LogP contribution in [0, 0.1) is 6.92 Å². The van der Waals surface area contributed by atoms with Crippen LogP contribution < -0.4 is 10.1 Å². The van der Waals surface area contributed by atoms with Gasteiger partial charge in [0.1, 0.15) is 11.8 Å². The average Bonchev–Trinajstić information content (AvgIpc) is 2.72. The largest absolute Gasteiger partial charge is 0.497 e. The summed E-state index contributed by atoms with van der Waals surface area (Å²) < 4.78 is 5.33. The normalized spacial score (nSPS) is 12.2. The van der Waals surface area contributed by atoms with Crippen LogP contribution in [0.4, 0.5) is 0 Å². The van der Waals surface area contributed by atoms with Crippen molar-refractivity contribution in [1.29, 1.82) is 0 Å². The molecule has 5 nitrogen and oxygen atoms in total. The third-order valence-electron chi connectivity index (χ3n) is 4.95. The van der Waals surface area contributed by atoms with Gasteiger partial charge in [-0.25, -0.2) is 0 Å². The molecular formula is C26H36N2O3S. The smallest absolute Gasteiger partial charge is 0.243 e. The first-order chi connectivity index (χ1) is 15.1. The van der Waals surface area contributed by atoms with Gasteiger partial charge in [0, 0.05) is 17.8 Å². The molecule has 1 atom stereocenters. The summed E-state index contributed by atoms with van der Waals surface area (Å²) in [7, 11) is 1.62. The van der Waals surface area contributed by atoms with E-state index in [1.54, 1.807) is 23.8 Å². The van der Waals surface area contributed by atoms with Crippen molar-refractivity contribution in [2.24, 2.45) is 0 Å². The van der Waals surface area contributed by atoms with Gasteiger partial charge in [-0.3, -0.25) is 9.59 Å². The van der Waals surface area contributed by atoms with Crippen LogP contribution in [-0.4, -0.2) is 41.2 Å². The molecule has 32 heavy (non-hydrogen) atoms. The lowest BCUT2D eigenvalue weighted by atomic mass is 10.1. The van der Waals surface area contributed by atoms with E-state index in [4.69, 9.17) is 4.74 Å². The number of ether oxygens (including phenoxy) is 1. The predicted molar refractivity (Wildman–Crippen MR) is 133 cm³/mol. The number of hydrogen-bond acceptors (Lipinski definition) is 4. The first-order valence-corrected chi connectivity index (χ1v) is 12.2. The quantitative estimate of drug-likeness (QED) is 0.549. The summed E-state index contributed by atoms with van der Waals surface area (Å²) in [6.07, 6.45) is 0.542. The molecule has 0 heterocycles. The second kappa shape index (κ2) is 12.0. The minimum absolute atomic E-state index is 0.0404. The second-order valence-corrected chi connectivity index (χ2v) is 10.0. The Morgan fingerprint density at radius 3 is 2.41 bits per heavy atom. The Hall–Kier alpha value is -2.47. The molecule has 2 aromatic rings. The van der Waals surface area contributed by atoms with E-state index in [9.17, 15) is 9.59 Å². The monoisotopic (exact) mass is 456 g/mol. The van der Waals surface area contributed by atoms with Crippen molar-refractivity contribution in [3.63, 3.8) is 0 Å². The molecule has 2 amide bonds. The molecule has 0 aliphatic carbocycles. The van der Waals surface area contributed by atoms with E-state index in [1.165, 1.54) is 11.1 Å². The highest BCUT2D eigenvalue weighted by molar-refractivity contribution is 7.99. The van der Waals surface area contributed by atoms with Crippen molar-refractivity contribution in [3.8, 4) is 5.75 Å². The molecule has 0 unspecified atom stereocenters. The van der Waals surface area contributed by atoms with Crippen molar-refractivity contribution in [2.75, 3.05) is 12.9 Å². The molecule has 174 valence electrons. The number of methoxy groups -OCH3 is 1. The van der Waals surface area contributed by atoms with E-state index in [2.05, 4.69) is 30.4 Å². The number of nitrogens with zero attached hydrogens (tertiary/aromatic N) is 1. The lowest BCUT2D eigenvalue weighted by Crippen LogP contribution is -2.53. The van der Waals surface area contributed by atoms with Crippen molar-refractivity contribution >= 4 is 23.6 Å². The van der Waals surface area contributed by atoms with Gasteiger partial charge in [0.05, 0.1) is 12.9 Å². The fourth-order valence-corrected chi connectivity index (χ4v) is 4.34. The maximum Gasteiger partial charge on any atom is 0.243 e. The Morgan fingerprint density at radius 1 is 1.09 bits per heavy atom. The SMILES string of the molecule is CC[C@@H](C(=O)NC(C)(C)C)N(Cc1cccc(OC)c1)C(=O)CSCc1cccc(C)c1. The zero-order valence-corrected chi connectivity index (χ0v) is 20.9. The molecule has 0 saturated heterocycles. The average molecular weight is 457 g/mol. The maximum absolute atomic E-state index is 13.3. The van der Waals surface area contributed by atoms with Crippen LogP contribution in [0.1, 0.15) is 50.8 Å². The Labute approximate surface area is 196 Å². The van der Waals surface area contributed by atoms with Gasteiger partial charge >= 0.3 is 0 Å². The van der Waals surface area contributed by atoms with Gasteiger partial charge in [-0.05, 0) is 57.4 Å². The highest BCUT2D eigenvalue weighted by Crippen LogP contribution is 2.20. The number of hydrogen-bond donors (Lipinski definition) is 1. The van der Waals surface area contributed by atoms with Crippen LogP contribution in [-0.2, 0) is 21.9 Å². The summed E-state index contributed by atoms with van der Waals surface area (Å²) in [6.45, 7) is 10.2. The summed E-state index contributed by atoms with van der Waals surface area (Å²) in [5.41, 5.74) is 2.97. The number of amides is 2. The molecule has 1 N–H and O–H groups in total. The first-order valence-electron chi connectivity index (χ1n) is 11.0. The molecule has 0 bridgehead atoms.